The molecule has 1 unspecified atom stereocenters. The number of nitrogens with zero attached hydrogens (tertiary/aromatic N) is 1. The molecule has 0 aromatic heterocycles. The molecule has 1 aromatic rings. The lowest BCUT2D eigenvalue weighted by molar-refractivity contribution is -0.384. The van der Waals surface area contributed by atoms with Gasteiger partial charge in [0, 0.05) is 20.1 Å². The number of carbonyl (C=O) groups is 1. The first-order valence-corrected chi connectivity index (χ1v) is 5.79. The van der Waals surface area contributed by atoms with Gasteiger partial charge in [0.15, 0.2) is 0 Å². The van der Waals surface area contributed by atoms with Crippen LogP contribution >= 0.6 is 0 Å². The number of carboxylic acid groups (broad SMARTS) is 1. The van der Waals surface area contributed by atoms with E-state index < -0.39 is 28.4 Å². The minimum atomic E-state index is -1.17. The number of halogens is 1. The maximum atomic E-state index is 13.3. The Kier molecular flexibility index (Phi) is 5.39. The van der Waals surface area contributed by atoms with Gasteiger partial charge < -0.3 is 15.2 Å². The van der Waals surface area contributed by atoms with E-state index in [1.807, 2.05) is 0 Å². The zero-order chi connectivity index (χ0) is 15.3. The van der Waals surface area contributed by atoms with Gasteiger partial charge in [-0.05, 0) is 18.6 Å². The number of aliphatic carboxylic acids is 1. The van der Waals surface area contributed by atoms with Gasteiger partial charge in [-0.3, -0.25) is 10.1 Å². The largest absolute Gasteiger partial charge is 0.480 e. The summed E-state index contributed by atoms with van der Waals surface area (Å²) in [7, 11) is 1.42. The smallest absolute Gasteiger partial charge is 0.326 e. The van der Waals surface area contributed by atoms with Crippen LogP contribution in [-0.2, 0) is 9.53 Å². The predicted octanol–water partition coefficient (Wildman–Crippen LogP) is 1.94. The summed E-state index contributed by atoms with van der Waals surface area (Å²) in [6.45, 7) is 1.62. The molecule has 0 spiro atoms. The van der Waals surface area contributed by atoms with Gasteiger partial charge in [0.2, 0.25) is 0 Å². The second-order valence-corrected chi connectivity index (χ2v) is 4.19. The third-order valence-electron chi connectivity index (χ3n) is 2.71. The molecule has 0 aliphatic heterocycles. The summed E-state index contributed by atoms with van der Waals surface area (Å²) in [4.78, 5) is 21.2. The van der Waals surface area contributed by atoms with Crippen LogP contribution in [0.4, 0.5) is 15.8 Å². The molecule has 7 nitrogen and oxygen atoms in total. The molecule has 20 heavy (non-hydrogen) atoms. The van der Waals surface area contributed by atoms with Gasteiger partial charge in [-0.1, -0.05) is 0 Å². The lowest BCUT2D eigenvalue weighted by atomic mass is 10.1. The molecule has 0 amide bonds. The highest BCUT2D eigenvalue weighted by atomic mass is 19.1. The third kappa shape index (κ3) is 3.89. The number of aryl methyl sites for hydroxylation is 1. The van der Waals surface area contributed by atoms with Crippen molar-refractivity contribution in [3.63, 3.8) is 0 Å². The van der Waals surface area contributed by atoms with Crippen molar-refractivity contribution >= 4 is 17.3 Å². The fourth-order valence-corrected chi connectivity index (χ4v) is 1.62. The molecule has 0 fully saturated rings. The van der Waals surface area contributed by atoms with Gasteiger partial charge in [0.05, 0.1) is 11.0 Å². The van der Waals surface area contributed by atoms with Crippen molar-refractivity contribution in [3.05, 3.63) is 33.6 Å². The lowest BCUT2D eigenvalue weighted by Gasteiger charge is -2.16. The molecule has 110 valence electrons. The second-order valence-electron chi connectivity index (χ2n) is 4.19. The first-order valence-electron chi connectivity index (χ1n) is 5.79. The van der Waals surface area contributed by atoms with E-state index in [-0.39, 0.29) is 24.3 Å². The number of rotatable bonds is 7. The molecule has 0 bridgehead atoms. The van der Waals surface area contributed by atoms with Crippen LogP contribution in [0.15, 0.2) is 12.1 Å². The van der Waals surface area contributed by atoms with E-state index in [2.05, 4.69) is 5.32 Å². The van der Waals surface area contributed by atoms with E-state index >= 15 is 0 Å². The van der Waals surface area contributed by atoms with Crippen LogP contribution in [0, 0.1) is 22.9 Å². The van der Waals surface area contributed by atoms with Gasteiger partial charge in [-0.25, -0.2) is 9.18 Å². The van der Waals surface area contributed by atoms with Crippen molar-refractivity contribution in [1.29, 1.82) is 0 Å². The standard InChI is InChI=1S/C12H15FN2O5/c1-7-5-10(11(15(18)19)6-8(7)13)14-9(12(16)17)3-4-20-2/h5-6,9,14H,3-4H2,1-2H3,(H,16,17). The number of hydrogen-bond donors (Lipinski definition) is 2. The summed E-state index contributed by atoms with van der Waals surface area (Å²) in [6.07, 6.45) is 0.124. The molecule has 1 atom stereocenters. The molecule has 1 aromatic carbocycles. The molecule has 0 saturated carbocycles. The fourth-order valence-electron chi connectivity index (χ4n) is 1.62. The highest BCUT2D eigenvalue weighted by Gasteiger charge is 2.23. The Labute approximate surface area is 114 Å². The van der Waals surface area contributed by atoms with Crippen molar-refractivity contribution in [2.24, 2.45) is 0 Å². The SMILES string of the molecule is COCCC(Nc1cc(C)c(F)cc1[N+](=O)[O-])C(=O)O. The second kappa shape index (κ2) is 6.80. The summed E-state index contributed by atoms with van der Waals surface area (Å²) in [6, 6.07) is 0.932. The Balaban J connectivity index is 3.07. The van der Waals surface area contributed by atoms with Crippen molar-refractivity contribution in [2.45, 2.75) is 19.4 Å². The molecule has 0 radical (unpaired) electrons. The highest BCUT2D eigenvalue weighted by molar-refractivity contribution is 5.79. The van der Waals surface area contributed by atoms with Crippen LogP contribution in [0.3, 0.4) is 0 Å². The van der Waals surface area contributed by atoms with Crippen LogP contribution in [0.1, 0.15) is 12.0 Å². The van der Waals surface area contributed by atoms with Crippen LogP contribution in [0.25, 0.3) is 0 Å². The molecular weight excluding hydrogens is 271 g/mol. The highest BCUT2D eigenvalue weighted by Crippen LogP contribution is 2.28. The minimum Gasteiger partial charge on any atom is -0.480 e. The first kappa shape index (κ1) is 15.8. The zero-order valence-corrected chi connectivity index (χ0v) is 11.1. The number of anilines is 1. The van der Waals surface area contributed by atoms with Crippen molar-refractivity contribution < 1.29 is 24.0 Å². The van der Waals surface area contributed by atoms with Crippen molar-refractivity contribution in [2.75, 3.05) is 19.0 Å². The lowest BCUT2D eigenvalue weighted by Crippen LogP contribution is -2.30. The van der Waals surface area contributed by atoms with Gasteiger partial charge in [-0.2, -0.15) is 0 Å². The molecule has 0 saturated heterocycles. The molecule has 0 aliphatic carbocycles. The summed E-state index contributed by atoms with van der Waals surface area (Å²) < 4.78 is 18.1. The summed E-state index contributed by atoms with van der Waals surface area (Å²) >= 11 is 0. The first-order chi connectivity index (χ1) is 9.36. The van der Waals surface area contributed by atoms with Crippen molar-refractivity contribution in [3.8, 4) is 0 Å². The van der Waals surface area contributed by atoms with E-state index in [1.165, 1.54) is 20.1 Å². The van der Waals surface area contributed by atoms with Crippen LogP contribution < -0.4 is 5.32 Å². The molecular formula is C12H15FN2O5. The van der Waals surface area contributed by atoms with E-state index in [4.69, 9.17) is 9.84 Å². The minimum absolute atomic E-state index is 0.0302. The quantitative estimate of drug-likeness (QED) is 0.586. The summed E-state index contributed by atoms with van der Waals surface area (Å²) in [5, 5.41) is 22.5. The van der Waals surface area contributed by atoms with E-state index in [9.17, 15) is 19.3 Å². The van der Waals surface area contributed by atoms with Crippen LogP contribution in [0.5, 0.6) is 0 Å². The van der Waals surface area contributed by atoms with E-state index in [0.717, 1.165) is 6.07 Å². The number of nitro benzene ring substituents is 1. The molecule has 0 aliphatic rings. The number of nitro groups is 1. The monoisotopic (exact) mass is 286 g/mol. The van der Waals surface area contributed by atoms with Gasteiger partial charge in [0.1, 0.15) is 17.5 Å². The molecule has 0 heterocycles. The number of methoxy groups -OCH3 is 1. The Morgan fingerprint density at radius 1 is 1.60 bits per heavy atom. The average molecular weight is 286 g/mol. The predicted molar refractivity (Wildman–Crippen MR) is 69.3 cm³/mol. The maximum absolute atomic E-state index is 13.3. The number of hydrogen-bond acceptors (Lipinski definition) is 5. The maximum Gasteiger partial charge on any atom is 0.326 e. The van der Waals surface area contributed by atoms with Gasteiger partial charge in [-0.15, -0.1) is 0 Å². The number of nitrogens with one attached hydrogen (secondary N) is 1. The third-order valence-corrected chi connectivity index (χ3v) is 2.71. The van der Waals surface area contributed by atoms with Crippen LogP contribution in [0.2, 0.25) is 0 Å². The topological polar surface area (TPSA) is 102 Å². The number of benzene rings is 1. The molecule has 2 N–H and O–H groups in total. The summed E-state index contributed by atoms with van der Waals surface area (Å²) in [5.74, 6) is -1.88. The normalized spacial score (nSPS) is 11.9. The number of ether oxygens (including phenoxy) is 1. The summed E-state index contributed by atoms with van der Waals surface area (Å²) in [5.41, 5.74) is -0.344. The van der Waals surface area contributed by atoms with E-state index in [0.29, 0.717) is 0 Å². The Morgan fingerprint density at radius 2 is 2.25 bits per heavy atom. The molecule has 1 rings (SSSR count). The van der Waals surface area contributed by atoms with Gasteiger partial charge in [0.25, 0.3) is 5.69 Å². The van der Waals surface area contributed by atoms with Gasteiger partial charge >= 0.3 is 5.97 Å². The molecule has 8 heteroatoms. The Hall–Kier alpha value is -2.22. The number of carboxylic acids is 1. The fraction of sp³-hybridized carbons (Fsp3) is 0.417. The van der Waals surface area contributed by atoms with Crippen molar-refractivity contribution in [1.82, 2.24) is 0 Å². The van der Waals surface area contributed by atoms with E-state index in [1.54, 1.807) is 0 Å². The Morgan fingerprint density at radius 3 is 2.75 bits per heavy atom. The van der Waals surface area contributed by atoms with Crippen LogP contribution in [-0.4, -0.2) is 35.8 Å². The average Bonchev–Trinajstić information content (AvgIpc) is 2.37. The Bertz CT molecular complexity index is 521. The zero-order valence-electron chi connectivity index (χ0n) is 11.1.